The van der Waals surface area contributed by atoms with Gasteiger partial charge in [-0.05, 0) is 68.2 Å². The molecule has 0 aliphatic heterocycles. The van der Waals surface area contributed by atoms with Gasteiger partial charge in [-0.1, -0.05) is 39.0 Å². The molecule has 2 rings (SSSR count). The van der Waals surface area contributed by atoms with Crippen molar-refractivity contribution in [1.82, 2.24) is 5.32 Å². The van der Waals surface area contributed by atoms with Gasteiger partial charge >= 0.3 is 0 Å². The van der Waals surface area contributed by atoms with Crippen LogP contribution in [0, 0.1) is 11.3 Å². The fourth-order valence-corrected chi connectivity index (χ4v) is 3.65. The molecule has 1 fully saturated rings. The molecule has 118 valence electrons. The largest absolute Gasteiger partial charge is 0.494 e. The lowest BCUT2D eigenvalue weighted by Gasteiger charge is -2.41. The van der Waals surface area contributed by atoms with Crippen molar-refractivity contribution in [2.75, 3.05) is 19.7 Å². The maximum Gasteiger partial charge on any atom is 0.122 e. The third kappa shape index (κ3) is 4.23. The van der Waals surface area contributed by atoms with Crippen molar-refractivity contribution in [1.29, 1.82) is 0 Å². The topological polar surface area (TPSA) is 21.3 Å². The van der Waals surface area contributed by atoms with E-state index in [1.54, 1.807) is 0 Å². The molecule has 1 N–H and O–H groups in total. The van der Waals surface area contributed by atoms with Crippen LogP contribution in [0.15, 0.2) is 24.3 Å². The van der Waals surface area contributed by atoms with Crippen LogP contribution in [0.3, 0.4) is 0 Å². The van der Waals surface area contributed by atoms with Gasteiger partial charge in [0.25, 0.3) is 0 Å². The predicted molar refractivity (Wildman–Crippen MR) is 90.0 cm³/mol. The highest BCUT2D eigenvalue weighted by molar-refractivity contribution is 5.37. The summed E-state index contributed by atoms with van der Waals surface area (Å²) in [7, 11) is 0. The van der Waals surface area contributed by atoms with Crippen LogP contribution in [0.25, 0.3) is 0 Å². The minimum absolute atomic E-state index is 0.437. The summed E-state index contributed by atoms with van der Waals surface area (Å²) in [5, 5.41) is 3.56. The Morgan fingerprint density at radius 1 is 1.24 bits per heavy atom. The number of nitrogens with one attached hydrogen (secondary N) is 1. The number of ether oxygens (including phenoxy) is 1. The van der Waals surface area contributed by atoms with Gasteiger partial charge in [0.2, 0.25) is 0 Å². The van der Waals surface area contributed by atoms with Gasteiger partial charge in [0.05, 0.1) is 6.61 Å². The summed E-state index contributed by atoms with van der Waals surface area (Å²) in [5.74, 6) is 2.42. The molecule has 0 bridgehead atoms. The fourth-order valence-electron chi connectivity index (χ4n) is 3.65. The van der Waals surface area contributed by atoms with Gasteiger partial charge in [-0.15, -0.1) is 0 Å². The van der Waals surface area contributed by atoms with Gasteiger partial charge in [-0.25, -0.2) is 0 Å². The smallest absolute Gasteiger partial charge is 0.122 e. The molecule has 0 spiro atoms. The van der Waals surface area contributed by atoms with Crippen LogP contribution < -0.4 is 10.1 Å². The summed E-state index contributed by atoms with van der Waals surface area (Å²) in [6, 6.07) is 8.65. The van der Waals surface area contributed by atoms with Gasteiger partial charge in [0, 0.05) is 0 Å². The molecule has 1 saturated carbocycles. The normalized spacial score (nSPS) is 24.8. The number of hydrogen-bond donors (Lipinski definition) is 1. The van der Waals surface area contributed by atoms with Gasteiger partial charge < -0.3 is 10.1 Å². The van der Waals surface area contributed by atoms with E-state index in [0.29, 0.717) is 11.3 Å². The van der Waals surface area contributed by atoms with Crippen LogP contribution in [0.5, 0.6) is 5.75 Å². The first kappa shape index (κ1) is 16.4. The molecule has 1 aromatic carbocycles. The second-order valence-electron chi connectivity index (χ2n) is 7.05. The highest BCUT2D eigenvalue weighted by Gasteiger charge is 2.36. The molecule has 1 aliphatic carbocycles. The molecule has 0 radical (unpaired) electrons. The molecule has 0 heterocycles. The lowest BCUT2D eigenvalue weighted by atomic mass is 9.65. The Morgan fingerprint density at radius 2 is 2.00 bits per heavy atom. The van der Waals surface area contributed by atoms with E-state index in [2.05, 4.69) is 57.3 Å². The Labute approximate surface area is 130 Å². The van der Waals surface area contributed by atoms with Gasteiger partial charge in [-0.3, -0.25) is 0 Å². The minimum Gasteiger partial charge on any atom is -0.494 e. The van der Waals surface area contributed by atoms with E-state index in [9.17, 15) is 0 Å². The van der Waals surface area contributed by atoms with Crippen LogP contribution in [-0.4, -0.2) is 19.7 Å². The molecular weight excluding hydrogens is 258 g/mol. The van der Waals surface area contributed by atoms with E-state index in [-0.39, 0.29) is 0 Å². The Kier molecular flexibility index (Phi) is 5.69. The molecule has 2 nitrogen and oxygen atoms in total. The minimum atomic E-state index is 0.437. The Hall–Kier alpha value is -1.02. The zero-order valence-electron chi connectivity index (χ0n) is 14.1. The lowest BCUT2D eigenvalue weighted by Crippen LogP contribution is -2.35. The molecule has 21 heavy (non-hydrogen) atoms. The average Bonchev–Trinajstić information content (AvgIpc) is 2.46. The van der Waals surface area contributed by atoms with Crippen molar-refractivity contribution in [2.45, 2.75) is 52.9 Å². The molecule has 0 aromatic heterocycles. The van der Waals surface area contributed by atoms with Gasteiger partial charge in [0.15, 0.2) is 0 Å². The maximum atomic E-state index is 5.89. The van der Waals surface area contributed by atoms with Crippen molar-refractivity contribution in [3.8, 4) is 5.75 Å². The van der Waals surface area contributed by atoms with Gasteiger partial charge in [0.1, 0.15) is 5.75 Å². The van der Waals surface area contributed by atoms with E-state index in [1.165, 1.54) is 24.8 Å². The van der Waals surface area contributed by atoms with Crippen LogP contribution >= 0.6 is 0 Å². The van der Waals surface area contributed by atoms with Crippen LogP contribution in [0.2, 0.25) is 0 Å². The van der Waals surface area contributed by atoms with E-state index in [4.69, 9.17) is 4.74 Å². The van der Waals surface area contributed by atoms with E-state index >= 15 is 0 Å². The van der Waals surface area contributed by atoms with E-state index in [1.807, 2.05) is 0 Å². The highest BCUT2D eigenvalue weighted by Crippen LogP contribution is 2.48. The van der Waals surface area contributed by atoms with E-state index < -0.39 is 0 Å². The number of benzene rings is 1. The quantitative estimate of drug-likeness (QED) is 0.826. The average molecular weight is 289 g/mol. The summed E-state index contributed by atoms with van der Waals surface area (Å²) in [6.45, 7) is 12.0. The van der Waals surface area contributed by atoms with Crippen molar-refractivity contribution >= 4 is 0 Å². The van der Waals surface area contributed by atoms with Crippen molar-refractivity contribution in [3.63, 3.8) is 0 Å². The third-order valence-corrected chi connectivity index (χ3v) is 4.81. The molecule has 1 aromatic rings. The van der Waals surface area contributed by atoms with Gasteiger partial charge in [-0.2, -0.15) is 0 Å². The maximum absolute atomic E-state index is 5.89. The second-order valence-corrected chi connectivity index (χ2v) is 7.05. The summed E-state index contributed by atoms with van der Waals surface area (Å²) >= 11 is 0. The van der Waals surface area contributed by atoms with Crippen molar-refractivity contribution < 1.29 is 4.74 Å². The Bertz CT molecular complexity index is 441. The number of rotatable bonds is 6. The first-order valence-electron chi connectivity index (χ1n) is 8.50. The second kappa shape index (κ2) is 7.31. The molecule has 0 amide bonds. The molecular formula is C19H31NO. The summed E-state index contributed by atoms with van der Waals surface area (Å²) in [4.78, 5) is 0. The Balaban J connectivity index is 2.26. The summed E-state index contributed by atoms with van der Waals surface area (Å²) < 4.78 is 5.89. The molecule has 1 aliphatic rings. The molecule has 2 atom stereocenters. The predicted octanol–water partition coefficient (Wildman–Crippen LogP) is 4.60. The number of hydrogen-bond acceptors (Lipinski definition) is 2. The van der Waals surface area contributed by atoms with Crippen molar-refractivity contribution in [2.24, 2.45) is 11.3 Å². The van der Waals surface area contributed by atoms with Crippen LogP contribution in [0.1, 0.15) is 58.4 Å². The summed E-state index contributed by atoms with van der Waals surface area (Å²) in [6.07, 6.45) is 3.90. The fraction of sp³-hybridized carbons (Fsp3) is 0.684. The molecule has 2 unspecified atom stereocenters. The zero-order chi connectivity index (χ0) is 15.3. The van der Waals surface area contributed by atoms with Crippen molar-refractivity contribution in [3.05, 3.63) is 29.8 Å². The van der Waals surface area contributed by atoms with Crippen LogP contribution in [0.4, 0.5) is 0 Å². The first-order valence-corrected chi connectivity index (χ1v) is 8.50. The zero-order valence-corrected chi connectivity index (χ0v) is 14.1. The monoisotopic (exact) mass is 289 g/mol. The molecule has 2 heteroatoms. The Morgan fingerprint density at radius 3 is 2.71 bits per heavy atom. The SMILES string of the molecule is CCNCC1CCC(C)(C)CC1c1ccccc1OCC. The third-order valence-electron chi connectivity index (χ3n) is 4.81. The standard InChI is InChI=1S/C19H31NO/c1-5-20-14-15-11-12-19(3,4)13-17(15)16-9-7-8-10-18(16)21-6-2/h7-10,15,17,20H,5-6,11-14H2,1-4H3. The number of para-hydroxylation sites is 1. The highest BCUT2D eigenvalue weighted by atomic mass is 16.5. The first-order chi connectivity index (χ1) is 10.1. The lowest BCUT2D eigenvalue weighted by molar-refractivity contribution is 0.157. The van der Waals surface area contributed by atoms with Crippen LogP contribution in [-0.2, 0) is 0 Å². The molecule has 0 saturated heterocycles. The van der Waals surface area contributed by atoms with E-state index in [0.717, 1.165) is 31.4 Å². The summed E-state index contributed by atoms with van der Waals surface area (Å²) in [5.41, 5.74) is 1.85.